The summed E-state index contributed by atoms with van der Waals surface area (Å²) >= 11 is 0. The van der Waals surface area contributed by atoms with Gasteiger partial charge >= 0.3 is 0 Å². The minimum Gasteiger partial charge on any atom is -0.454 e. The molecule has 3 heterocycles. The van der Waals surface area contributed by atoms with Crippen LogP contribution in [0.1, 0.15) is 9.68 Å². The molecule has 52 heavy (non-hydrogen) atoms. The molecule has 1 unspecified atom stereocenters. The zero-order valence-corrected chi connectivity index (χ0v) is 28.7. The van der Waals surface area contributed by atoms with Crippen molar-refractivity contribution in [3.63, 3.8) is 0 Å². The summed E-state index contributed by atoms with van der Waals surface area (Å²) in [5.41, 5.74) is 7.01. The smallest absolute Gasteiger partial charge is 0.235 e. The molecular formula is C47H30N3OP. The lowest BCUT2D eigenvalue weighted by Crippen LogP contribution is -2.33. The standard InChI is InChI=1S/C47H30N3OP/c1-29-28-31-18-8-9-21-33(31)42-41-35-23-11-10-22-34(35)40-37-25-13-15-27-39(37)51-45(40)44(41)50(52(46(29)42)32-19-6-3-7-20-32)47-48-38-26-14-12-24-36(38)43(49-47)30-16-4-2-5-17-30/h2-28H,1H3/i1D3. The lowest BCUT2D eigenvalue weighted by Gasteiger charge is -2.40. The molecule has 2 aromatic heterocycles. The number of nitrogens with zero attached hydrogens (tertiary/aromatic N) is 3. The third kappa shape index (κ3) is 4.19. The van der Waals surface area contributed by atoms with E-state index in [4.69, 9.17) is 18.5 Å². The van der Waals surface area contributed by atoms with Gasteiger partial charge in [0.15, 0.2) is 5.58 Å². The largest absolute Gasteiger partial charge is 0.454 e. The molecule has 0 amide bonds. The van der Waals surface area contributed by atoms with Crippen LogP contribution < -0.4 is 15.3 Å². The normalized spacial score (nSPS) is 15.1. The number of fused-ring (bicyclic) bond motifs is 13. The zero-order valence-electron chi connectivity index (χ0n) is 30.8. The second-order valence-corrected chi connectivity index (χ2v) is 15.1. The molecule has 1 atom stereocenters. The summed E-state index contributed by atoms with van der Waals surface area (Å²) in [6.07, 6.45) is 0. The average Bonchev–Trinajstić information content (AvgIpc) is 3.62. The Kier molecular flexibility index (Phi) is 5.76. The molecule has 0 bridgehead atoms. The summed E-state index contributed by atoms with van der Waals surface area (Å²) in [5, 5.41) is 8.58. The van der Waals surface area contributed by atoms with Crippen LogP contribution in [0.4, 0.5) is 11.6 Å². The molecule has 0 aliphatic carbocycles. The van der Waals surface area contributed by atoms with Crippen LogP contribution in [0.2, 0.25) is 0 Å². The molecule has 1 aliphatic heterocycles. The number of rotatable bonds is 3. The predicted molar refractivity (Wildman–Crippen MR) is 219 cm³/mol. The van der Waals surface area contributed by atoms with Gasteiger partial charge in [-0.05, 0) is 46.1 Å². The van der Waals surface area contributed by atoms with E-state index in [0.717, 1.165) is 87.5 Å². The van der Waals surface area contributed by atoms with Crippen molar-refractivity contribution >= 4 is 84.7 Å². The molecule has 10 aromatic rings. The second-order valence-electron chi connectivity index (χ2n) is 13.2. The second kappa shape index (κ2) is 11.3. The highest BCUT2D eigenvalue weighted by molar-refractivity contribution is 7.75. The van der Waals surface area contributed by atoms with Gasteiger partial charge in [0.2, 0.25) is 5.95 Å². The number of benzene rings is 8. The Labute approximate surface area is 305 Å². The van der Waals surface area contributed by atoms with Gasteiger partial charge in [0.25, 0.3) is 0 Å². The topological polar surface area (TPSA) is 42.2 Å². The quantitative estimate of drug-likeness (QED) is 0.174. The van der Waals surface area contributed by atoms with Crippen LogP contribution in [-0.2, 0) is 0 Å². The fourth-order valence-electron chi connectivity index (χ4n) is 8.08. The summed E-state index contributed by atoms with van der Waals surface area (Å²) in [7, 11) is -1.67. The Morgan fingerprint density at radius 2 is 1.25 bits per heavy atom. The number of aromatic nitrogens is 2. The highest BCUT2D eigenvalue weighted by atomic mass is 31.1. The van der Waals surface area contributed by atoms with Gasteiger partial charge in [0, 0.05) is 47.6 Å². The molecule has 0 radical (unpaired) electrons. The van der Waals surface area contributed by atoms with E-state index in [0.29, 0.717) is 17.1 Å². The first kappa shape index (κ1) is 26.5. The first-order chi connectivity index (χ1) is 27.0. The molecule has 5 heteroatoms. The van der Waals surface area contributed by atoms with Crippen LogP contribution >= 0.6 is 8.07 Å². The van der Waals surface area contributed by atoms with E-state index in [1.54, 1.807) is 0 Å². The van der Waals surface area contributed by atoms with Crippen LogP contribution in [0.25, 0.3) is 76.8 Å². The summed E-state index contributed by atoms with van der Waals surface area (Å²) in [6, 6.07) is 55.1. The SMILES string of the molecule is [2H]C([2H])([2H])c1cc2ccccc2c2c1P(c1ccccc1)N(c1nc(-c3ccccc3)c3ccccc3n1)c1c-2c2ccccc2c2c1oc1ccccc12. The first-order valence-corrected chi connectivity index (χ1v) is 18.6. The fourth-order valence-corrected chi connectivity index (χ4v) is 10.6. The number of anilines is 2. The predicted octanol–water partition coefficient (Wildman–Crippen LogP) is 12.0. The van der Waals surface area contributed by atoms with Crippen LogP contribution in [0.15, 0.2) is 168 Å². The monoisotopic (exact) mass is 686 g/mol. The van der Waals surface area contributed by atoms with E-state index in [2.05, 4.69) is 71.4 Å². The van der Waals surface area contributed by atoms with Crippen molar-refractivity contribution in [2.45, 2.75) is 6.85 Å². The Bertz CT molecular complexity index is 3160. The van der Waals surface area contributed by atoms with Gasteiger partial charge in [-0.15, -0.1) is 0 Å². The maximum Gasteiger partial charge on any atom is 0.235 e. The van der Waals surface area contributed by atoms with Crippen molar-refractivity contribution in [3.05, 3.63) is 169 Å². The van der Waals surface area contributed by atoms with E-state index < -0.39 is 14.9 Å². The van der Waals surface area contributed by atoms with Crippen molar-refractivity contribution in [3.8, 4) is 22.4 Å². The lowest BCUT2D eigenvalue weighted by molar-refractivity contribution is 0.669. The first-order valence-electron chi connectivity index (χ1n) is 18.9. The Morgan fingerprint density at radius 3 is 2.06 bits per heavy atom. The molecular weight excluding hydrogens is 654 g/mol. The van der Waals surface area contributed by atoms with Crippen molar-refractivity contribution in [1.82, 2.24) is 9.97 Å². The number of hydrogen-bond donors (Lipinski definition) is 0. The lowest BCUT2D eigenvalue weighted by atomic mass is 9.89. The molecule has 0 saturated carbocycles. The molecule has 0 fully saturated rings. The van der Waals surface area contributed by atoms with Gasteiger partial charge < -0.3 is 4.42 Å². The number of para-hydroxylation sites is 2. The summed E-state index contributed by atoms with van der Waals surface area (Å²) in [4.78, 5) is 10.9. The Balaban J connectivity index is 1.41. The minimum atomic E-state index is -2.43. The van der Waals surface area contributed by atoms with E-state index in [1.807, 2.05) is 97.1 Å². The van der Waals surface area contributed by atoms with Gasteiger partial charge in [-0.1, -0.05) is 152 Å². The highest BCUT2D eigenvalue weighted by Crippen LogP contribution is 2.61. The zero-order chi connectivity index (χ0) is 36.8. The molecule has 11 rings (SSSR count). The molecule has 244 valence electrons. The van der Waals surface area contributed by atoms with Crippen LogP contribution in [0, 0.1) is 6.85 Å². The Hall–Kier alpha value is -6.35. The molecule has 1 aliphatic rings. The van der Waals surface area contributed by atoms with Gasteiger partial charge in [0.1, 0.15) is 11.3 Å². The van der Waals surface area contributed by atoms with Crippen LogP contribution in [-0.4, -0.2) is 9.97 Å². The summed E-state index contributed by atoms with van der Waals surface area (Å²) in [6.45, 7) is -2.43. The fraction of sp³-hybridized carbons (Fsp3) is 0.0213. The number of furan rings is 1. The molecule has 8 aromatic carbocycles. The van der Waals surface area contributed by atoms with Gasteiger partial charge in [-0.2, -0.15) is 0 Å². The maximum absolute atomic E-state index is 9.09. The van der Waals surface area contributed by atoms with Crippen molar-refractivity contribution in [1.29, 1.82) is 0 Å². The van der Waals surface area contributed by atoms with Crippen molar-refractivity contribution in [2.75, 3.05) is 4.67 Å². The van der Waals surface area contributed by atoms with E-state index in [9.17, 15) is 0 Å². The minimum absolute atomic E-state index is 0.324. The van der Waals surface area contributed by atoms with Crippen LogP contribution in [0.5, 0.6) is 0 Å². The highest BCUT2D eigenvalue weighted by Gasteiger charge is 2.41. The number of hydrogen-bond acceptors (Lipinski definition) is 4. The van der Waals surface area contributed by atoms with Crippen molar-refractivity contribution < 1.29 is 8.53 Å². The number of aryl methyl sites for hydroxylation is 1. The Morgan fingerprint density at radius 1 is 0.596 bits per heavy atom. The maximum atomic E-state index is 9.09. The molecule has 0 N–H and O–H groups in total. The summed E-state index contributed by atoms with van der Waals surface area (Å²) in [5.74, 6) is 0.473. The van der Waals surface area contributed by atoms with E-state index >= 15 is 0 Å². The average molecular weight is 687 g/mol. The van der Waals surface area contributed by atoms with E-state index in [1.165, 1.54) is 0 Å². The van der Waals surface area contributed by atoms with E-state index in [-0.39, 0.29) is 0 Å². The van der Waals surface area contributed by atoms with Gasteiger partial charge in [0.05, 0.1) is 19.3 Å². The summed E-state index contributed by atoms with van der Waals surface area (Å²) < 4.78 is 36.5. The van der Waals surface area contributed by atoms with Gasteiger partial charge in [-0.3, -0.25) is 4.67 Å². The third-order valence-corrected chi connectivity index (χ3v) is 12.7. The van der Waals surface area contributed by atoms with Gasteiger partial charge in [-0.25, -0.2) is 9.97 Å². The molecule has 4 nitrogen and oxygen atoms in total. The third-order valence-electron chi connectivity index (χ3n) is 10.2. The van der Waals surface area contributed by atoms with Crippen LogP contribution in [0.3, 0.4) is 0 Å². The molecule has 0 spiro atoms. The molecule has 0 saturated heterocycles. The van der Waals surface area contributed by atoms with Crippen molar-refractivity contribution in [2.24, 2.45) is 0 Å².